The third kappa shape index (κ3) is 6.42. The molecule has 240 valence electrons. The molecule has 1 fully saturated rings. The zero-order chi connectivity index (χ0) is 33.3. The zero-order valence-corrected chi connectivity index (χ0v) is 26.7. The molecule has 16 nitrogen and oxygen atoms in total. The molecule has 1 unspecified atom stereocenters. The Bertz CT molecular complexity index is 1800. The van der Waals surface area contributed by atoms with Gasteiger partial charge in [0.2, 0.25) is 17.2 Å². The molecule has 2 aromatic heterocycles. The van der Waals surface area contributed by atoms with Crippen molar-refractivity contribution in [3.05, 3.63) is 58.7 Å². The van der Waals surface area contributed by atoms with Crippen LogP contribution in [0.15, 0.2) is 63.4 Å². The summed E-state index contributed by atoms with van der Waals surface area (Å²) >= 11 is 3.50. The van der Waals surface area contributed by atoms with Gasteiger partial charge in [0.25, 0.3) is 11.8 Å². The number of benzene rings is 1. The Morgan fingerprint density at radius 2 is 1.91 bits per heavy atom. The fourth-order valence-electron chi connectivity index (χ4n) is 4.41. The molecule has 9 N–H and O–H groups in total. The molecule has 1 saturated heterocycles. The Labute approximate surface area is 273 Å². The number of hydrogen-bond donors (Lipinski definition) is 6. The van der Waals surface area contributed by atoms with Crippen LogP contribution in [0.3, 0.4) is 0 Å². The van der Waals surface area contributed by atoms with Crippen LogP contribution < -0.4 is 27.1 Å². The lowest BCUT2D eigenvalue weighted by atomic mass is 10.0. The minimum absolute atomic E-state index is 0.00934. The average Bonchev–Trinajstić information content (AvgIpc) is 3.43. The molecule has 5 rings (SSSR count). The summed E-state index contributed by atoms with van der Waals surface area (Å²) < 4.78 is 1.69. The third-order valence-corrected chi connectivity index (χ3v) is 9.79. The monoisotopic (exact) mass is 686 g/mol. The van der Waals surface area contributed by atoms with Gasteiger partial charge in [-0.1, -0.05) is 28.3 Å². The van der Waals surface area contributed by atoms with Crippen molar-refractivity contribution < 1.29 is 38.8 Å². The summed E-state index contributed by atoms with van der Waals surface area (Å²) in [4.78, 5) is 65.3. The largest absolute Gasteiger partial charge is 0.478 e. The lowest BCUT2D eigenvalue weighted by Gasteiger charge is -2.49. The number of rotatable bonds is 11. The van der Waals surface area contributed by atoms with Crippen LogP contribution in [-0.4, -0.2) is 83.1 Å². The van der Waals surface area contributed by atoms with Crippen molar-refractivity contribution in [2.75, 3.05) is 28.7 Å². The molecule has 0 aliphatic carbocycles. The molecule has 3 aromatic rings. The maximum Gasteiger partial charge on any atom is 0.352 e. The summed E-state index contributed by atoms with van der Waals surface area (Å²) in [5.41, 5.74) is 16.8. The topological polar surface area (TPSA) is 253 Å². The fraction of sp³-hybridized carbons (Fsp3) is 0.259. The van der Waals surface area contributed by atoms with Crippen LogP contribution in [0.1, 0.15) is 19.5 Å². The predicted molar refractivity (Wildman–Crippen MR) is 171 cm³/mol. The van der Waals surface area contributed by atoms with Gasteiger partial charge in [0.05, 0.1) is 6.07 Å². The lowest BCUT2D eigenvalue weighted by Crippen LogP contribution is -2.71. The number of carbonyl (C=O) groups excluding carboxylic acids is 2. The van der Waals surface area contributed by atoms with Crippen molar-refractivity contribution in [1.82, 2.24) is 20.2 Å². The number of carbonyl (C=O) groups is 4. The van der Waals surface area contributed by atoms with E-state index in [-0.39, 0.29) is 33.8 Å². The number of aromatic nitrogens is 3. The van der Waals surface area contributed by atoms with Gasteiger partial charge in [0.1, 0.15) is 28.5 Å². The fourth-order valence-corrected chi connectivity index (χ4v) is 7.48. The molecule has 0 radical (unpaired) electrons. The summed E-state index contributed by atoms with van der Waals surface area (Å²) in [6, 6.07) is 9.63. The molecular formula is C27H28N9O7S3+. The number of carboxylic acids is 2. The van der Waals surface area contributed by atoms with Gasteiger partial charge >= 0.3 is 17.1 Å². The number of nitrogen functional groups attached to an aromatic ring is 3. The van der Waals surface area contributed by atoms with Crippen LogP contribution in [0.4, 0.5) is 16.8 Å². The number of β-lactam (4-membered cyclic amide) rings is 1. The van der Waals surface area contributed by atoms with Crippen molar-refractivity contribution in [3.8, 4) is 5.69 Å². The molecule has 0 bridgehead atoms. The number of thiazole rings is 1. The van der Waals surface area contributed by atoms with E-state index in [1.165, 1.54) is 48.8 Å². The van der Waals surface area contributed by atoms with E-state index in [2.05, 4.69) is 20.4 Å². The van der Waals surface area contributed by atoms with E-state index in [1.807, 2.05) is 30.3 Å². The van der Waals surface area contributed by atoms with E-state index in [4.69, 9.17) is 22.0 Å². The van der Waals surface area contributed by atoms with Gasteiger partial charge in [-0.3, -0.25) is 14.5 Å². The first kappa shape index (κ1) is 32.5. The maximum absolute atomic E-state index is 13.3. The molecule has 2 aliphatic heterocycles. The average molecular weight is 687 g/mol. The van der Waals surface area contributed by atoms with Gasteiger partial charge in [0, 0.05) is 16.9 Å². The SMILES string of the molecule is CC(C)(O/N=C(\C(=O)NC1C(=O)N2C(C(=O)O)=C(CSc3nc(N)cc(N)[n+]3-c3ccccc3)CS[C@H]12)c1csc(N)n1)C(=O)O. The number of aliphatic carboxylic acids is 2. The third-order valence-electron chi connectivity index (χ3n) is 6.76. The highest BCUT2D eigenvalue weighted by atomic mass is 32.2. The summed E-state index contributed by atoms with van der Waals surface area (Å²) in [7, 11) is 0. The van der Waals surface area contributed by atoms with Gasteiger partial charge in [-0.15, -0.1) is 23.1 Å². The second-order valence-electron chi connectivity index (χ2n) is 10.4. The smallest absolute Gasteiger partial charge is 0.352 e. The Morgan fingerprint density at radius 3 is 2.54 bits per heavy atom. The number of nitrogens with two attached hydrogens (primary N) is 3. The van der Waals surface area contributed by atoms with E-state index < -0.39 is 46.5 Å². The Balaban J connectivity index is 1.36. The number of nitrogens with zero attached hydrogens (tertiary/aromatic N) is 5. The van der Waals surface area contributed by atoms with Crippen molar-refractivity contribution in [3.63, 3.8) is 0 Å². The van der Waals surface area contributed by atoms with Crippen LogP contribution in [0.25, 0.3) is 5.69 Å². The van der Waals surface area contributed by atoms with Gasteiger partial charge in [-0.25, -0.2) is 14.6 Å². The molecule has 19 heteroatoms. The molecule has 0 spiro atoms. The number of nitrogens with one attached hydrogen (secondary N) is 1. The van der Waals surface area contributed by atoms with Crippen LogP contribution in [-0.2, 0) is 24.0 Å². The van der Waals surface area contributed by atoms with Gasteiger partial charge in [0.15, 0.2) is 10.8 Å². The van der Waals surface area contributed by atoms with Crippen molar-refractivity contribution in [2.24, 2.45) is 5.16 Å². The number of carboxylic acid groups (broad SMARTS) is 2. The number of fused-ring (bicyclic) bond motifs is 1. The van der Waals surface area contributed by atoms with Crippen molar-refractivity contribution in [2.45, 2.75) is 36.0 Å². The second kappa shape index (κ2) is 12.9. The summed E-state index contributed by atoms with van der Waals surface area (Å²) in [6.45, 7) is 2.48. The Morgan fingerprint density at radius 1 is 1.20 bits per heavy atom. The van der Waals surface area contributed by atoms with Crippen LogP contribution in [0.2, 0.25) is 0 Å². The number of anilines is 3. The van der Waals surface area contributed by atoms with E-state index in [1.54, 1.807) is 4.57 Å². The Hall–Kier alpha value is -4.88. The quantitative estimate of drug-likeness (QED) is 0.0405. The van der Waals surface area contributed by atoms with E-state index >= 15 is 0 Å². The molecular weight excluding hydrogens is 659 g/mol. The summed E-state index contributed by atoms with van der Waals surface area (Å²) in [5.74, 6) is -3.26. The molecule has 2 amide bonds. The standard InChI is InChI=1S/C27H27N9O7S3/c1-27(2,24(41)42)43-34-17(14-11-45-25(30)31-14)20(37)33-18-21(38)36-19(23(39)40)12(9-44-22(18)36)10-46-26-32-15(28)8-16(29)35(26)13-6-4-3-5-7-13/h3-8,11,18,22H,9-10H2,1-2H3,(H8,28,29,30,31,33,37,39,40,41,42)/p+1/b34-17-/t18?,22-/m1/s1. The van der Waals surface area contributed by atoms with E-state index in [0.29, 0.717) is 16.5 Å². The van der Waals surface area contributed by atoms with E-state index in [9.17, 15) is 29.4 Å². The lowest BCUT2D eigenvalue weighted by molar-refractivity contribution is -0.626. The summed E-state index contributed by atoms with van der Waals surface area (Å²) in [6.07, 6.45) is 0. The van der Waals surface area contributed by atoms with Crippen LogP contribution in [0, 0.1) is 0 Å². The molecule has 2 aliphatic rings. The van der Waals surface area contributed by atoms with Crippen LogP contribution >= 0.6 is 34.9 Å². The highest BCUT2D eigenvalue weighted by Gasteiger charge is 2.54. The van der Waals surface area contributed by atoms with Gasteiger partial charge < -0.3 is 37.6 Å². The zero-order valence-electron chi connectivity index (χ0n) is 24.2. The Kier molecular flexibility index (Phi) is 9.08. The van der Waals surface area contributed by atoms with E-state index in [0.717, 1.165) is 21.9 Å². The minimum atomic E-state index is -1.78. The van der Waals surface area contributed by atoms with Gasteiger partial charge in [-0.2, -0.15) is 4.57 Å². The minimum Gasteiger partial charge on any atom is -0.478 e. The molecule has 2 atom stereocenters. The molecule has 1 aromatic carbocycles. The first-order valence-corrected chi connectivity index (χ1v) is 16.3. The molecule has 4 heterocycles. The van der Waals surface area contributed by atoms with Crippen LogP contribution in [0.5, 0.6) is 0 Å². The highest BCUT2D eigenvalue weighted by Crippen LogP contribution is 2.41. The first-order valence-electron chi connectivity index (χ1n) is 13.4. The molecule has 46 heavy (non-hydrogen) atoms. The number of oxime groups is 1. The number of amides is 2. The number of hydrogen-bond acceptors (Lipinski definition) is 14. The van der Waals surface area contributed by atoms with Crippen molar-refractivity contribution >= 4 is 81.1 Å². The molecule has 0 saturated carbocycles. The number of thioether (sulfide) groups is 2. The first-order chi connectivity index (χ1) is 21.8. The second-order valence-corrected chi connectivity index (χ2v) is 13.3. The van der Waals surface area contributed by atoms with Crippen molar-refractivity contribution in [1.29, 1.82) is 0 Å². The normalized spacial score (nSPS) is 18.1. The number of para-hydroxylation sites is 1. The highest BCUT2D eigenvalue weighted by molar-refractivity contribution is 8.01. The maximum atomic E-state index is 13.3. The van der Waals surface area contributed by atoms with Gasteiger partial charge in [-0.05, 0) is 43.3 Å². The predicted octanol–water partition coefficient (Wildman–Crippen LogP) is 0.676. The summed E-state index contributed by atoms with van der Waals surface area (Å²) in [5, 5.41) is 27.0.